The molecule has 21 heavy (non-hydrogen) atoms. The Balaban J connectivity index is 2.49. The maximum atomic E-state index is 12.7. The van der Waals surface area contributed by atoms with Crippen LogP contribution in [0.2, 0.25) is 0 Å². The normalized spacial score (nSPS) is 23.0. The molecule has 1 N–H and O–H groups in total. The van der Waals surface area contributed by atoms with Gasteiger partial charge in [-0.15, -0.1) is 11.3 Å². The van der Waals surface area contributed by atoms with Crippen LogP contribution in [0.15, 0.2) is 10.3 Å². The number of hydrogen-bond donors (Lipinski definition) is 1. The molecule has 1 saturated heterocycles. The van der Waals surface area contributed by atoms with Crippen LogP contribution in [0.25, 0.3) is 0 Å². The van der Waals surface area contributed by atoms with Crippen LogP contribution >= 0.6 is 11.3 Å². The monoisotopic (exact) mass is 353 g/mol. The summed E-state index contributed by atoms with van der Waals surface area (Å²) in [6.45, 7) is 2.89. The van der Waals surface area contributed by atoms with E-state index in [9.17, 15) is 21.6 Å². The van der Waals surface area contributed by atoms with Gasteiger partial charge in [-0.3, -0.25) is 0 Å². The summed E-state index contributed by atoms with van der Waals surface area (Å²) in [5.41, 5.74) is 0.359. The van der Waals surface area contributed by atoms with E-state index in [0.29, 0.717) is 5.56 Å². The first-order valence-electron chi connectivity index (χ1n) is 6.10. The minimum Gasteiger partial charge on any atom is -0.477 e. The number of aryl methyl sites for hydroxylation is 1. The van der Waals surface area contributed by atoms with Crippen molar-refractivity contribution >= 4 is 37.2 Å². The van der Waals surface area contributed by atoms with Crippen LogP contribution in [0.4, 0.5) is 0 Å². The average molecular weight is 353 g/mol. The molecule has 1 aliphatic rings. The van der Waals surface area contributed by atoms with Gasteiger partial charge >= 0.3 is 5.97 Å². The van der Waals surface area contributed by atoms with Gasteiger partial charge in [-0.25, -0.2) is 21.6 Å². The smallest absolute Gasteiger partial charge is 0.347 e. The molecular weight excluding hydrogens is 338 g/mol. The standard InChI is InChI=1S/C11H15NO6S3/c1-7-5-19-9(11(13)14)10(7)21(17,18)12-3-4-20(15,16)6-8(12)2/h5,8H,3-4,6H2,1-2H3,(H,13,14). The molecule has 1 atom stereocenters. The van der Waals surface area contributed by atoms with Crippen molar-refractivity contribution in [2.24, 2.45) is 0 Å². The second-order valence-corrected chi connectivity index (χ2v) is 9.90. The van der Waals surface area contributed by atoms with Gasteiger partial charge in [-0.05, 0) is 24.8 Å². The van der Waals surface area contributed by atoms with Crippen LogP contribution < -0.4 is 0 Å². The second kappa shape index (κ2) is 5.34. The summed E-state index contributed by atoms with van der Waals surface area (Å²) >= 11 is 0.853. The van der Waals surface area contributed by atoms with Crippen molar-refractivity contribution in [3.05, 3.63) is 15.8 Å². The Hall–Kier alpha value is -0.970. The summed E-state index contributed by atoms with van der Waals surface area (Å²) in [4.78, 5) is 10.7. The first-order valence-corrected chi connectivity index (χ1v) is 10.2. The van der Waals surface area contributed by atoms with E-state index in [2.05, 4.69) is 0 Å². The number of aromatic carboxylic acids is 1. The van der Waals surface area contributed by atoms with E-state index in [1.807, 2.05) is 0 Å². The summed E-state index contributed by atoms with van der Waals surface area (Å²) in [6.07, 6.45) is 0. The Morgan fingerprint density at radius 3 is 2.62 bits per heavy atom. The largest absolute Gasteiger partial charge is 0.477 e. The number of thiophene rings is 1. The maximum absolute atomic E-state index is 12.7. The third-order valence-electron chi connectivity index (χ3n) is 3.29. The molecule has 1 aromatic rings. The van der Waals surface area contributed by atoms with Gasteiger partial charge in [0.05, 0.1) is 11.5 Å². The maximum Gasteiger partial charge on any atom is 0.347 e. The quantitative estimate of drug-likeness (QED) is 0.850. The number of sulfonamides is 1. The van der Waals surface area contributed by atoms with E-state index in [-0.39, 0.29) is 27.8 Å². The highest BCUT2D eigenvalue weighted by molar-refractivity contribution is 7.92. The highest BCUT2D eigenvalue weighted by Crippen LogP contribution is 2.31. The fourth-order valence-electron chi connectivity index (χ4n) is 2.36. The predicted octanol–water partition coefficient (Wildman–Crippen LogP) is 0.562. The number of sulfone groups is 1. The zero-order valence-corrected chi connectivity index (χ0v) is 13.9. The fraction of sp³-hybridized carbons (Fsp3) is 0.545. The molecule has 2 heterocycles. The van der Waals surface area contributed by atoms with E-state index in [1.165, 1.54) is 19.2 Å². The number of carboxylic acid groups (broad SMARTS) is 1. The molecule has 1 fully saturated rings. The Morgan fingerprint density at radius 1 is 1.48 bits per heavy atom. The Kier molecular flexibility index (Phi) is 4.17. The summed E-state index contributed by atoms with van der Waals surface area (Å²) in [7, 11) is -7.28. The van der Waals surface area contributed by atoms with Gasteiger partial charge in [0, 0.05) is 12.6 Å². The van der Waals surface area contributed by atoms with Gasteiger partial charge in [0.15, 0.2) is 9.84 Å². The number of nitrogens with zero attached hydrogens (tertiary/aromatic N) is 1. The molecule has 118 valence electrons. The van der Waals surface area contributed by atoms with Gasteiger partial charge in [0.25, 0.3) is 0 Å². The van der Waals surface area contributed by atoms with Crippen LogP contribution in [0, 0.1) is 6.92 Å². The van der Waals surface area contributed by atoms with E-state index < -0.39 is 31.9 Å². The van der Waals surface area contributed by atoms with Gasteiger partial charge in [-0.1, -0.05) is 0 Å². The summed E-state index contributed by atoms with van der Waals surface area (Å²) in [6, 6.07) is -0.713. The van der Waals surface area contributed by atoms with Crippen LogP contribution in [0.5, 0.6) is 0 Å². The van der Waals surface area contributed by atoms with Gasteiger partial charge < -0.3 is 5.11 Å². The molecule has 0 radical (unpaired) electrons. The number of carboxylic acids is 1. The van der Waals surface area contributed by atoms with Gasteiger partial charge in [0.1, 0.15) is 9.77 Å². The van der Waals surface area contributed by atoms with Crippen molar-refractivity contribution in [3.63, 3.8) is 0 Å². The average Bonchev–Trinajstić information content (AvgIpc) is 2.70. The zero-order chi connectivity index (χ0) is 16.0. The lowest BCUT2D eigenvalue weighted by Gasteiger charge is -2.32. The lowest BCUT2D eigenvalue weighted by Crippen LogP contribution is -2.49. The van der Waals surface area contributed by atoms with Crippen molar-refractivity contribution < 1.29 is 26.7 Å². The summed E-state index contributed by atoms with van der Waals surface area (Å²) < 4.78 is 49.6. The Labute approximate surface area is 127 Å². The summed E-state index contributed by atoms with van der Waals surface area (Å²) in [5, 5.41) is 10.6. The first-order chi connectivity index (χ1) is 9.56. The molecule has 1 unspecified atom stereocenters. The topological polar surface area (TPSA) is 109 Å². The van der Waals surface area contributed by atoms with Crippen molar-refractivity contribution in [2.75, 3.05) is 18.1 Å². The SMILES string of the molecule is Cc1csc(C(=O)O)c1S(=O)(=O)N1CCS(=O)(=O)CC1C. The number of hydrogen-bond acceptors (Lipinski definition) is 6. The van der Waals surface area contributed by atoms with E-state index in [0.717, 1.165) is 15.6 Å². The van der Waals surface area contributed by atoms with Crippen LogP contribution in [-0.2, 0) is 19.9 Å². The molecule has 0 amide bonds. The number of rotatable bonds is 3. The fourth-order valence-corrected chi connectivity index (χ4v) is 7.34. The van der Waals surface area contributed by atoms with Crippen LogP contribution in [0.1, 0.15) is 22.2 Å². The highest BCUT2D eigenvalue weighted by atomic mass is 32.2. The Morgan fingerprint density at radius 2 is 2.10 bits per heavy atom. The molecular formula is C11H15NO6S3. The molecule has 2 rings (SSSR count). The van der Waals surface area contributed by atoms with E-state index in [1.54, 1.807) is 0 Å². The van der Waals surface area contributed by atoms with Crippen molar-refractivity contribution in [3.8, 4) is 0 Å². The molecule has 1 aromatic heterocycles. The first kappa shape index (κ1) is 16.4. The molecule has 0 saturated carbocycles. The van der Waals surface area contributed by atoms with Crippen molar-refractivity contribution in [1.82, 2.24) is 4.31 Å². The van der Waals surface area contributed by atoms with E-state index >= 15 is 0 Å². The molecule has 0 spiro atoms. The third kappa shape index (κ3) is 2.98. The van der Waals surface area contributed by atoms with Gasteiger partial charge in [-0.2, -0.15) is 4.31 Å². The zero-order valence-electron chi connectivity index (χ0n) is 11.4. The molecule has 1 aliphatic heterocycles. The molecule has 0 aliphatic carbocycles. The lowest BCUT2D eigenvalue weighted by atomic mass is 10.3. The molecule has 10 heteroatoms. The van der Waals surface area contributed by atoms with E-state index in [4.69, 9.17) is 5.11 Å². The molecule has 0 aromatic carbocycles. The summed E-state index contributed by atoms with van der Waals surface area (Å²) in [5.74, 6) is -1.80. The minimum absolute atomic E-state index is 0.153. The van der Waals surface area contributed by atoms with Crippen molar-refractivity contribution in [2.45, 2.75) is 24.8 Å². The third-order valence-corrected chi connectivity index (χ3v) is 8.50. The van der Waals surface area contributed by atoms with Crippen LogP contribution in [-0.4, -0.2) is 56.3 Å². The van der Waals surface area contributed by atoms with Crippen molar-refractivity contribution in [1.29, 1.82) is 0 Å². The Bertz CT molecular complexity index is 777. The predicted molar refractivity (Wildman–Crippen MR) is 78.0 cm³/mol. The second-order valence-electron chi connectivity index (χ2n) is 4.96. The molecule has 7 nitrogen and oxygen atoms in total. The lowest BCUT2D eigenvalue weighted by molar-refractivity contribution is 0.0698. The van der Waals surface area contributed by atoms with Gasteiger partial charge in [0.2, 0.25) is 10.0 Å². The minimum atomic E-state index is -4.03. The molecule has 0 bridgehead atoms. The van der Waals surface area contributed by atoms with Crippen LogP contribution in [0.3, 0.4) is 0 Å². The highest BCUT2D eigenvalue weighted by Gasteiger charge is 2.39. The number of carbonyl (C=O) groups is 1.